The van der Waals surface area contributed by atoms with Crippen molar-refractivity contribution in [2.24, 2.45) is 10.3 Å². The van der Waals surface area contributed by atoms with Gasteiger partial charge in [-0.15, -0.1) is 0 Å². The van der Waals surface area contributed by atoms with Crippen LogP contribution < -0.4 is 9.64 Å². The maximum Gasteiger partial charge on any atom is 0.263 e. The van der Waals surface area contributed by atoms with Crippen LogP contribution in [0.15, 0.2) is 52.8 Å². The summed E-state index contributed by atoms with van der Waals surface area (Å²) in [6, 6.07) is 11.1. The Hall–Kier alpha value is -2.93. The van der Waals surface area contributed by atoms with E-state index < -0.39 is 18.0 Å². The largest absolute Gasteiger partial charge is 0.495 e. The Labute approximate surface area is 161 Å². The van der Waals surface area contributed by atoms with E-state index in [9.17, 15) is 9.59 Å². The van der Waals surface area contributed by atoms with Gasteiger partial charge in [0.2, 0.25) is 0 Å². The van der Waals surface area contributed by atoms with Crippen LogP contribution in [-0.2, 0) is 16.1 Å². The monoisotopic (exact) mass is 384 g/mol. The number of anilines is 1. The second-order valence-corrected chi connectivity index (χ2v) is 6.92. The van der Waals surface area contributed by atoms with Gasteiger partial charge in [-0.05, 0) is 30.7 Å². The number of carbonyl (C=O) groups excluding carboxylic acids is 2. The van der Waals surface area contributed by atoms with Crippen molar-refractivity contribution in [3.05, 3.63) is 58.6 Å². The Morgan fingerprint density at radius 2 is 1.96 bits per heavy atom. The van der Waals surface area contributed by atoms with Crippen LogP contribution in [0.3, 0.4) is 0 Å². The van der Waals surface area contributed by atoms with Gasteiger partial charge in [-0.2, -0.15) is 5.11 Å². The van der Waals surface area contributed by atoms with Crippen LogP contribution in [0.25, 0.3) is 0 Å². The molecular weight excluding hydrogens is 368 g/mol. The molecule has 2 atom stereocenters. The summed E-state index contributed by atoms with van der Waals surface area (Å²) in [7, 11) is 1.50. The first kappa shape index (κ1) is 17.5. The van der Waals surface area contributed by atoms with E-state index >= 15 is 0 Å². The van der Waals surface area contributed by atoms with Gasteiger partial charge < -0.3 is 4.74 Å². The third-order valence-electron chi connectivity index (χ3n) is 4.68. The molecule has 1 fully saturated rings. The lowest BCUT2D eigenvalue weighted by Gasteiger charge is -2.21. The van der Waals surface area contributed by atoms with Crippen molar-refractivity contribution in [2.75, 3.05) is 12.0 Å². The van der Waals surface area contributed by atoms with E-state index in [0.717, 1.165) is 16.0 Å². The summed E-state index contributed by atoms with van der Waals surface area (Å²) in [6.45, 7) is 2.40. The van der Waals surface area contributed by atoms with Crippen LogP contribution >= 0.6 is 11.6 Å². The summed E-state index contributed by atoms with van der Waals surface area (Å²) in [5.74, 6) is -0.286. The van der Waals surface area contributed by atoms with E-state index in [4.69, 9.17) is 16.3 Å². The highest BCUT2D eigenvalue weighted by molar-refractivity contribution is 6.33. The van der Waals surface area contributed by atoms with Crippen molar-refractivity contribution in [2.45, 2.75) is 25.6 Å². The Kier molecular flexibility index (Phi) is 4.31. The van der Waals surface area contributed by atoms with Crippen LogP contribution in [0.2, 0.25) is 5.02 Å². The van der Waals surface area contributed by atoms with Gasteiger partial charge in [-0.1, -0.05) is 46.7 Å². The summed E-state index contributed by atoms with van der Waals surface area (Å²) in [6.07, 6.45) is 0. The van der Waals surface area contributed by atoms with Gasteiger partial charge in [-0.25, -0.2) is 4.90 Å². The highest BCUT2D eigenvalue weighted by Gasteiger charge is 2.54. The highest BCUT2D eigenvalue weighted by Crippen LogP contribution is 2.35. The molecule has 0 saturated carbocycles. The molecule has 0 bridgehead atoms. The lowest BCUT2D eigenvalue weighted by molar-refractivity contribution is -0.123. The molecule has 2 amide bonds. The molecule has 4 rings (SSSR count). The standard InChI is InChI=1S/C19H17ClN4O3/c1-11-4-3-5-12(8-11)10-23-17-16(21-22-23)18(25)24(19(17)26)13-6-7-15(27-2)14(20)9-13/h3-9,16-17H,10H2,1-2H3/t16-,17-/m0/s1. The molecule has 0 unspecified atom stereocenters. The summed E-state index contributed by atoms with van der Waals surface area (Å²) >= 11 is 6.15. The fraction of sp³-hybridized carbons (Fsp3) is 0.263. The lowest BCUT2D eigenvalue weighted by atomic mass is 10.1. The molecule has 0 aromatic heterocycles. The number of imide groups is 1. The summed E-state index contributed by atoms with van der Waals surface area (Å²) < 4.78 is 5.12. The Bertz CT molecular complexity index is 962. The number of hydrogen-bond acceptors (Lipinski definition) is 6. The molecule has 138 valence electrons. The van der Waals surface area contributed by atoms with Gasteiger partial charge in [0.25, 0.3) is 11.8 Å². The zero-order valence-electron chi connectivity index (χ0n) is 14.8. The van der Waals surface area contributed by atoms with Crippen LogP contribution in [0, 0.1) is 6.92 Å². The molecule has 2 aromatic carbocycles. The Morgan fingerprint density at radius 1 is 1.15 bits per heavy atom. The van der Waals surface area contributed by atoms with Crippen molar-refractivity contribution >= 4 is 29.1 Å². The molecule has 27 heavy (non-hydrogen) atoms. The maximum absolute atomic E-state index is 13.0. The first-order valence-electron chi connectivity index (χ1n) is 8.44. The van der Waals surface area contributed by atoms with Crippen LogP contribution in [0.1, 0.15) is 11.1 Å². The molecule has 0 aliphatic carbocycles. The van der Waals surface area contributed by atoms with Crippen molar-refractivity contribution in [1.29, 1.82) is 0 Å². The normalized spacial score (nSPS) is 21.1. The van der Waals surface area contributed by atoms with Crippen molar-refractivity contribution in [3.8, 4) is 5.75 Å². The van der Waals surface area contributed by atoms with Gasteiger partial charge in [0.15, 0.2) is 12.1 Å². The highest BCUT2D eigenvalue weighted by atomic mass is 35.5. The molecule has 1 saturated heterocycles. The van der Waals surface area contributed by atoms with Crippen molar-refractivity contribution < 1.29 is 14.3 Å². The number of carbonyl (C=O) groups is 2. The van der Waals surface area contributed by atoms with Crippen molar-refractivity contribution in [3.63, 3.8) is 0 Å². The molecule has 0 spiro atoms. The minimum Gasteiger partial charge on any atom is -0.495 e. The predicted octanol–water partition coefficient (Wildman–Crippen LogP) is 3.15. The molecule has 2 aromatic rings. The molecule has 0 N–H and O–H groups in total. The number of halogens is 1. The Morgan fingerprint density at radius 3 is 2.67 bits per heavy atom. The first-order valence-corrected chi connectivity index (χ1v) is 8.81. The minimum absolute atomic E-state index is 0.325. The topological polar surface area (TPSA) is 74.6 Å². The van der Waals surface area contributed by atoms with Gasteiger partial charge in [0.05, 0.1) is 24.4 Å². The van der Waals surface area contributed by atoms with Gasteiger partial charge in [0.1, 0.15) is 5.75 Å². The molecule has 7 nitrogen and oxygen atoms in total. The molecule has 0 radical (unpaired) electrons. The number of fused-ring (bicyclic) bond motifs is 1. The number of methoxy groups -OCH3 is 1. The first-order chi connectivity index (χ1) is 13.0. The molecule has 2 aliphatic rings. The quantitative estimate of drug-likeness (QED) is 0.759. The van der Waals surface area contributed by atoms with Crippen LogP contribution in [0.5, 0.6) is 5.75 Å². The summed E-state index contributed by atoms with van der Waals surface area (Å²) in [5, 5.41) is 10.0. The number of amides is 2. The zero-order chi connectivity index (χ0) is 19.1. The number of rotatable bonds is 4. The third-order valence-corrected chi connectivity index (χ3v) is 4.97. The predicted molar refractivity (Wildman–Crippen MR) is 99.7 cm³/mol. The van der Waals surface area contributed by atoms with Gasteiger partial charge in [0, 0.05) is 0 Å². The van der Waals surface area contributed by atoms with Crippen molar-refractivity contribution in [1.82, 2.24) is 5.01 Å². The molecule has 8 heteroatoms. The average molecular weight is 385 g/mol. The second kappa shape index (κ2) is 6.66. The van der Waals surface area contributed by atoms with Crippen LogP contribution in [0.4, 0.5) is 5.69 Å². The average Bonchev–Trinajstić information content (AvgIpc) is 3.15. The van der Waals surface area contributed by atoms with E-state index in [1.807, 2.05) is 31.2 Å². The lowest BCUT2D eigenvalue weighted by Crippen LogP contribution is -2.39. The van der Waals surface area contributed by atoms with E-state index in [1.165, 1.54) is 7.11 Å². The maximum atomic E-state index is 13.0. The molecule has 2 heterocycles. The minimum atomic E-state index is -0.830. The van der Waals surface area contributed by atoms with E-state index in [2.05, 4.69) is 10.3 Å². The fourth-order valence-corrected chi connectivity index (χ4v) is 3.65. The fourth-order valence-electron chi connectivity index (χ4n) is 3.40. The van der Waals surface area contributed by atoms with E-state index in [0.29, 0.717) is 23.0 Å². The van der Waals surface area contributed by atoms with E-state index in [-0.39, 0.29) is 5.91 Å². The number of aryl methyl sites for hydroxylation is 1. The smallest absolute Gasteiger partial charge is 0.263 e. The number of benzene rings is 2. The summed E-state index contributed by atoms with van der Waals surface area (Å²) in [5.41, 5.74) is 2.51. The number of nitrogens with zero attached hydrogens (tertiary/aromatic N) is 4. The number of ether oxygens (including phenoxy) is 1. The van der Waals surface area contributed by atoms with Gasteiger partial charge >= 0.3 is 0 Å². The van der Waals surface area contributed by atoms with Gasteiger partial charge in [-0.3, -0.25) is 14.6 Å². The molecular formula is C19H17ClN4O3. The zero-order valence-corrected chi connectivity index (χ0v) is 15.6. The summed E-state index contributed by atoms with van der Waals surface area (Å²) in [4.78, 5) is 26.9. The SMILES string of the molecule is COc1ccc(N2C(=O)[C@H]3N=NN(Cc4cccc(C)c4)[C@@H]3C2=O)cc1Cl. The van der Waals surface area contributed by atoms with E-state index in [1.54, 1.807) is 23.2 Å². The van der Waals surface area contributed by atoms with Crippen LogP contribution in [-0.4, -0.2) is 36.0 Å². The molecule has 2 aliphatic heterocycles. The third kappa shape index (κ3) is 2.94. The Balaban J connectivity index is 1.61. The number of hydrogen-bond donors (Lipinski definition) is 0. The second-order valence-electron chi connectivity index (χ2n) is 6.51.